The summed E-state index contributed by atoms with van der Waals surface area (Å²) in [5.74, 6) is 0.531. The number of nitrogens with zero attached hydrogens (tertiary/aromatic N) is 5. The standard InChI is InChI=1S/C28H29ClN6O3/c1-18-13-20(14-19(2)26(18)38-3)28(37)33-11-7-22(8-12-33)35-17-21(16-31-35)32-27(36)24-6-5-23(15-25(24)29)34-10-4-9-30-34/h4-6,9-10,13-17,22H,7-8,11-12H2,1-3H3,(H,32,36). The van der Waals surface area contributed by atoms with Crippen LogP contribution in [-0.2, 0) is 0 Å². The summed E-state index contributed by atoms with van der Waals surface area (Å²) in [6.45, 7) is 5.17. The highest BCUT2D eigenvalue weighted by molar-refractivity contribution is 6.34. The molecule has 2 amide bonds. The van der Waals surface area contributed by atoms with Crippen molar-refractivity contribution < 1.29 is 14.3 Å². The minimum Gasteiger partial charge on any atom is -0.496 e. The Labute approximate surface area is 226 Å². The van der Waals surface area contributed by atoms with Crippen LogP contribution in [0.15, 0.2) is 61.2 Å². The number of aromatic nitrogens is 4. The zero-order valence-corrected chi connectivity index (χ0v) is 22.3. The summed E-state index contributed by atoms with van der Waals surface area (Å²) < 4.78 is 8.96. The fourth-order valence-corrected chi connectivity index (χ4v) is 5.23. The van der Waals surface area contributed by atoms with Crippen LogP contribution in [0.3, 0.4) is 0 Å². The average Bonchev–Trinajstić information content (AvgIpc) is 3.61. The fourth-order valence-electron chi connectivity index (χ4n) is 4.96. The molecule has 1 fully saturated rings. The number of likely N-dealkylation sites (tertiary alicyclic amines) is 1. The largest absolute Gasteiger partial charge is 0.496 e. The van der Waals surface area contributed by atoms with Crippen molar-refractivity contribution in [1.29, 1.82) is 0 Å². The van der Waals surface area contributed by atoms with Crippen LogP contribution in [0, 0.1) is 13.8 Å². The quantitative estimate of drug-likeness (QED) is 0.374. The Balaban J connectivity index is 1.19. The van der Waals surface area contributed by atoms with Crippen molar-refractivity contribution in [2.24, 2.45) is 0 Å². The number of anilines is 1. The molecule has 1 aliphatic rings. The lowest BCUT2D eigenvalue weighted by atomic mass is 10.0. The van der Waals surface area contributed by atoms with Crippen molar-refractivity contribution in [3.63, 3.8) is 0 Å². The summed E-state index contributed by atoms with van der Waals surface area (Å²) in [6.07, 6.45) is 8.48. The maximum absolute atomic E-state index is 13.1. The Morgan fingerprint density at radius 3 is 2.45 bits per heavy atom. The highest BCUT2D eigenvalue weighted by atomic mass is 35.5. The number of piperidine rings is 1. The van der Waals surface area contributed by atoms with Crippen LogP contribution in [0.1, 0.15) is 50.7 Å². The molecule has 10 heteroatoms. The number of rotatable bonds is 6. The van der Waals surface area contributed by atoms with E-state index in [4.69, 9.17) is 16.3 Å². The number of halogens is 1. The molecule has 0 atom stereocenters. The maximum atomic E-state index is 13.1. The van der Waals surface area contributed by atoms with Gasteiger partial charge >= 0.3 is 0 Å². The van der Waals surface area contributed by atoms with Crippen molar-refractivity contribution >= 4 is 29.1 Å². The molecule has 196 valence electrons. The zero-order chi connectivity index (χ0) is 26.8. The monoisotopic (exact) mass is 532 g/mol. The van der Waals surface area contributed by atoms with Crippen LogP contribution in [0.25, 0.3) is 5.69 Å². The first kappa shape index (κ1) is 25.5. The van der Waals surface area contributed by atoms with Crippen molar-refractivity contribution in [3.05, 3.63) is 88.5 Å². The summed E-state index contributed by atoms with van der Waals surface area (Å²) in [5.41, 5.74) is 4.31. The Hall–Kier alpha value is -4.11. The van der Waals surface area contributed by atoms with E-state index < -0.39 is 0 Å². The Morgan fingerprint density at radius 1 is 1.08 bits per heavy atom. The van der Waals surface area contributed by atoms with Crippen molar-refractivity contribution in [3.8, 4) is 11.4 Å². The molecular weight excluding hydrogens is 504 g/mol. The van der Waals surface area contributed by atoms with Gasteiger partial charge in [-0.2, -0.15) is 10.2 Å². The van der Waals surface area contributed by atoms with Crippen LogP contribution in [0.4, 0.5) is 5.69 Å². The third-order valence-corrected chi connectivity index (χ3v) is 7.18. The molecule has 2 aromatic carbocycles. The van der Waals surface area contributed by atoms with E-state index in [9.17, 15) is 9.59 Å². The van der Waals surface area contributed by atoms with Crippen LogP contribution >= 0.6 is 11.6 Å². The van der Waals surface area contributed by atoms with Gasteiger partial charge in [0.15, 0.2) is 0 Å². The molecule has 1 N–H and O–H groups in total. The summed E-state index contributed by atoms with van der Waals surface area (Å²) in [5, 5.41) is 11.9. The molecule has 0 aliphatic carbocycles. The first-order valence-corrected chi connectivity index (χ1v) is 12.8. The third kappa shape index (κ3) is 5.15. The van der Waals surface area contributed by atoms with Crippen molar-refractivity contribution in [2.75, 3.05) is 25.5 Å². The number of nitrogens with one attached hydrogen (secondary N) is 1. The number of hydrogen-bond acceptors (Lipinski definition) is 5. The van der Waals surface area contributed by atoms with Crippen molar-refractivity contribution in [1.82, 2.24) is 24.5 Å². The first-order chi connectivity index (χ1) is 18.3. The van der Waals surface area contributed by atoms with E-state index in [1.807, 2.05) is 47.8 Å². The average molecular weight is 533 g/mol. The molecule has 0 radical (unpaired) electrons. The highest BCUT2D eigenvalue weighted by Gasteiger charge is 2.26. The molecule has 38 heavy (non-hydrogen) atoms. The van der Waals surface area contributed by atoms with Crippen LogP contribution in [0.2, 0.25) is 5.02 Å². The first-order valence-electron chi connectivity index (χ1n) is 12.4. The van der Waals surface area contributed by atoms with Crippen LogP contribution in [-0.4, -0.2) is 56.5 Å². The van der Waals surface area contributed by atoms with Gasteiger partial charge in [-0.25, -0.2) is 4.68 Å². The number of carbonyl (C=O) groups excluding carboxylic acids is 2. The fraction of sp³-hybridized carbons (Fsp3) is 0.286. The Bertz CT molecular complexity index is 1450. The molecule has 0 spiro atoms. The minimum atomic E-state index is -0.313. The van der Waals surface area contributed by atoms with Gasteiger partial charge in [0.1, 0.15) is 5.75 Å². The number of carbonyl (C=O) groups is 2. The lowest BCUT2D eigenvalue weighted by molar-refractivity contribution is 0.0689. The zero-order valence-electron chi connectivity index (χ0n) is 21.5. The molecule has 0 saturated carbocycles. The normalized spacial score (nSPS) is 13.9. The van der Waals surface area contributed by atoms with E-state index in [0.717, 1.165) is 35.4 Å². The van der Waals surface area contributed by atoms with Gasteiger partial charge in [0, 0.05) is 37.2 Å². The van der Waals surface area contributed by atoms with Gasteiger partial charge in [-0.05, 0) is 74.2 Å². The maximum Gasteiger partial charge on any atom is 0.257 e. The Kier molecular flexibility index (Phi) is 7.20. The predicted molar refractivity (Wildman–Crippen MR) is 145 cm³/mol. The van der Waals surface area contributed by atoms with E-state index >= 15 is 0 Å². The van der Waals surface area contributed by atoms with Gasteiger partial charge in [0.2, 0.25) is 0 Å². The van der Waals surface area contributed by atoms with Gasteiger partial charge in [0.05, 0.1) is 41.3 Å². The van der Waals surface area contributed by atoms with E-state index in [2.05, 4.69) is 15.5 Å². The molecular formula is C28H29ClN6O3. The van der Waals surface area contributed by atoms with Crippen LogP contribution < -0.4 is 10.1 Å². The second-order valence-electron chi connectivity index (χ2n) is 9.44. The molecule has 2 aromatic heterocycles. The van der Waals surface area contributed by atoms with E-state index in [-0.39, 0.29) is 17.9 Å². The summed E-state index contributed by atoms with van der Waals surface area (Å²) in [7, 11) is 1.64. The van der Waals surface area contributed by atoms with Gasteiger partial charge in [-0.15, -0.1) is 0 Å². The molecule has 0 bridgehead atoms. The lowest BCUT2D eigenvalue weighted by Crippen LogP contribution is -2.39. The van der Waals surface area contributed by atoms with E-state index in [0.29, 0.717) is 34.9 Å². The smallest absolute Gasteiger partial charge is 0.257 e. The lowest BCUT2D eigenvalue weighted by Gasteiger charge is -2.32. The predicted octanol–water partition coefficient (Wildman–Crippen LogP) is 5.08. The molecule has 0 unspecified atom stereocenters. The highest BCUT2D eigenvalue weighted by Crippen LogP contribution is 2.28. The second kappa shape index (κ2) is 10.7. The Morgan fingerprint density at radius 2 is 1.82 bits per heavy atom. The van der Waals surface area contributed by atoms with Gasteiger partial charge < -0.3 is 15.0 Å². The summed E-state index contributed by atoms with van der Waals surface area (Å²) in [6, 6.07) is 10.9. The van der Waals surface area contributed by atoms with E-state index in [1.54, 1.807) is 48.6 Å². The molecule has 5 rings (SSSR count). The SMILES string of the molecule is COc1c(C)cc(C(=O)N2CCC(n3cc(NC(=O)c4ccc(-n5cccn5)cc4Cl)cn3)CC2)cc1C. The van der Waals surface area contributed by atoms with Gasteiger partial charge in [0.25, 0.3) is 11.8 Å². The van der Waals surface area contributed by atoms with Gasteiger partial charge in [-0.1, -0.05) is 11.6 Å². The summed E-state index contributed by atoms with van der Waals surface area (Å²) >= 11 is 6.39. The van der Waals surface area contributed by atoms with E-state index in [1.165, 1.54) is 0 Å². The number of hydrogen-bond donors (Lipinski definition) is 1. The molecule has 1 saturated heterocycles. The minimum absolute atomic E-state index is 0.0289. The molecule has 3 heterocycles. The topological polar surface area (TPSA) is 94.3 Å². The van der Waals surface area contributed by atoms with Crippen LogP contribution in [0.5, 0.6) is 5.75 Å². The number of aryl methyl sites for hydroxylation is 2. The van der Waals surface area contributed by atoms with Gasteiger partial charge in [-0.3, -0.25) is 14.3 Å². The van der Waals surface area contributed by atoms with Crippen molar-refractivity contribution in [2.45, 2.75) is 32.7 Å². The second-order valence-corrected chi connectivity index (χ2v) is 9.85. The number of ether oxygens (including phenoxy) is 1. The number of amides is 2. The molecule has 4 aromatic rings. The molecule has 1 aliphatic heterocycles. The molecule has 9 nitrogen and oxygen atoms in total. The number of benzene rings is 2. The number of methoxy groups -OCH3 is 1. The summed E-state index contributed by atoms with van der Waals surface area (Å²) in [4.78, 5) is 27.9. The third-order valence-electron chi connectivity index (χ3n) is 6.86.